The molecule has 0 N–H and O–H groups in total. The molecule has 0 aliphatic heterocycles. The Morgan fingerprint density at radius 1 is 0.431 bits per heavy atom. The average Bonchev–Trinajstić information content (AvgIpc) is 3.10. The van der Waals surface area contributed by atoms with Gasteiger partial charge in [-0.15, -0.1) is 0 Å². The molecule has 0 spiro atoms. The van der Waals surface area contributed by atoms with E-state index in [1.54, 1.807) is 0 Å². The summed E-state index contributed by atoms with van der Waals surface area (Å²) < 4.78 is 44.6. The summed E-state index contributed by atoms with van der Waals surface area (Å²) >= 11 is 0. The van der Waals surface area contributed by atoms with Gasteiger partial charge in [-0.05, 0) is 42.5 Å². The summed E-state index contributed by atoms with van der Waals surface area (Å²) in [5.41, 5.74) is -1.48. The SMILES string of the molecule is CC(=O)Oc1ccc(-c2cc(=O)c3c(OC(C)=O)cc(OC(C)=O)c(-c4cc(-c5cc(=O)c6c(OC(C)=O)cc(OC(C)=O)cc6o5)ccc4OC(C)=O)c3o2)cc1. The third kappa shape index (κ3) is 8.65. The van der Waals surface area contributed by atoms with Gasteiger partial charge in [0.05, 0.1) is 5.56 Å². The first-order valence-corrected chi connectivity index (χ1v) is 17.1. The zero-order valence-corrected chi connectivity index (χ0v) is 31.5. The molecule has 6 rings (SSSR count). The molecule has 16 heteroatoms. The van der Waals surface area contributed by atoms with Crippen molar-refractivity contribution in [2.24, 2.45) is 0 Å². The number of carbonyl (C=O) groups is 6. The minimum Gasteiger partial charge on any atom is -0.456 e. The van der Waals surface area contributed by atoms with E-state index in [1.807, 2.05) is 0 Å². The highest BCUT2D eigenvalue weighted by atomic mass is 16.6. The van der Waals surface area contributed by atoms with E-state index < -0.39 is 46.7 Å². The van der Waals surface area contributed by atoms with E-state index in [4.69, 9.17) is 37.3 Å². The van der Waals surface area contributed by atoms with Gasteiger partial charge in [-0.1, -0.05) is 0 Å². The highest BCUT2D eigenvalue weighted by Crippen LogP contribution is 2.47. The second-order valence-corrected chi connectivity index (χ2v) is 12.5. The summed E-state index contributed by atoms with van der Waals surface area (Å²) in [5.74, 6) is -5.47. The molecule has 0 bridgehead atoms. The molecule has 2 heterocycles. The summed E-state index contributed by atoms with van der Waals surface area (Å²) in [4.78, 5) is 100. The molecule has 0 atom stereocenters. The first-order valence-electron chi connectivity index (χ1n) is 17.1. The normalized spacial score (nSPS) is 10.8. The van der Waals surface area contributed by atoms with Gasteiger partial charge in [0.2, 0.25) is 0 Å². The van der Waals surface area contributed by atoms with Crippen LogP contribution in [-0.2, 0) is 28.8 Å². The molecule has 294 valence electrons. The minimum atomic E-state index is -0.841. The smallest absolute Gasteiger partial charge is 0.308 e. The van der Waals surface area contributed by atoms with Crippen molar-refractivity contribution in [1.29, 1.82) is 0 Å². The van der Waals surface area contributed by atoms with Crippen molar-refractivity contribution in [3.8, 4) is 68.3 Å². The second-order valence-electron chi connectivity index (χ2n) is 12.5. The van der Waals surface area contributed by atoms with Crippen molar-refractivity contribution in [3.63, 3.8) is 0 Å². The van der Waals surface area contributed by atoms with Crippen molar-refractivity contribution in [1.82, 2.24) is 0 Å². The van der Waals surface area contributed by atoms with Crippen LogP contribution in [-0.4, -0.2) is 35.8 Å². The largest absolute Gasteiger partial charge is 0.456 e. The molecule has 2 aromatic heterocycles. The molecule has 0 aliphatic carbocycles. The van der Waals surface area contributed by atoms with Gasteiger partial charge in [0, 0.05) is 88.6 Å². The number of hydrogen-bond donors (Lipinski definition) is 0. The third-order valence-electron chi connectivity index (χ3n) is 7.91. The molecule has 0 fully saturated rings. The van der Waals surface area contributed by atoms with E-state index in [-0.39, 0.29) is 84.6 Å². The summed E-state index contributed by atoms with van der Waals surface area (Å²) in [5, 5.41) is -0.417. The average molecular weight is 791 g/mol. The standard InChI is InChI=1S/C42H30O16/c1-19(43)51-27-10-7-25(8-11-27)33-17-31(50)41-38(56-24(6)48)18-37(55-23(5)47)39(42(41)58-33)29-13-26(9-12-32(29)53-21(3)45)34-16-30(49)40-35(54-22(4)46)14-28(52-20(2)44)15-36(40)57-34/h7-18H,1-6H3. The van der Waals surface area contributed by atoms with E-state index in [9.17, 15) is 38.4 Å². The van der Waals surface area contributed by atoms with Gasteiger partial charge in [0.15, 0.2) is 16.4 Å². The lowest BCUT2D eigenvalue weighted by molar-refractivity contribution is -0.133. The van der Waals surface area contributed by atoms with Crippen LogP contribution in [0.25, 0.3) is 55.7 Å². The first kappa shape index (κ1) is 39.8. The molecule has 58 heavy (non-hydrogen) atoms. The summed E-state index contributed by atoms with van der Waals surface area (Å²) in [6.07, 6.45) is 0. The van der Waals surface area contributed by atoms with Crippen LogP contribution in [0.5, 0.6) is 34.5 Å². The zero-order valence-electron chi connectivity index (χ0n) is 31.5. The van der Waals surface area contributed by atoms with Gasteiger partial charge in [0.1, 0.15) is 62.4 Å². The van der Waals surface area contributed by atoms with E-state index in [0.29, 0.717) is 5.56 Å². The van der Waals surface area contributed by atoms with Crippen LogP contribution in [0.3, 0.4) is 0 Å². The molecule has 0 saturated heterocycles. The maximum atomic E-state index is 14.0. The fraction of sp³-hybridized carbons (Fsp3) is 0.143. The van der Waals surface area contributed by atoms with Crippen LogP contribution in [0.2, 0.25) is 0 Å². The van der Waals surface area contributed by atoms with Gasteiger partial charge in [0.25, 0.3) is 0 Å². The van der Waals surface area contributed by atoms with Gasteiger partial charge in [-0.3, -0.25) is 38.4 Å². The number of fused-ring (bicyclic) bond motifs is 2. The lowest BCUT2D eigenvalue weighted by Gasteiger charge is -2.18. The fourth-order valence-corrected chi connectivity index (χ4v) is 5.95. The Balaban J connectivity index is 1.68. The van der Waals surface area contributed by atoms with Gasteiger partial charge >= 0.3 is 35.8 Å². The van der Waals surface area contributed by atoms with E-state index in [1.165, 1.54) is 61.5 Å². The quantitative estimate of drug-likeness (QED) is 0.113. The maximum absolute atomic E-state index is 14.0. The van der Waals surface area contributed by atoms with Gasteiger partial charge in [-0.2, -0.15) is 0 Å². The highest BCUT2D eigenvalue weighted by molar-refractivity contribution is 6.03. The van der Waals surface area contributed by atoms with E-state index in [0.717, 1.165) is 52.8 Å². The van der Waals surface area contributed by atoms with Crippen LogP contribution in [0, 0.1) is 0 Å². The minimum absolute atomic E-state index is 0.0280. The number of ether oxygens (including phenoxy) is 6. The third-order valence-corrected chi connectivity index (χ3v) is 7.91. The number of rotatable bonds is 9. The molecule has 4 aromatic carbocycles. The predicted octanol–water partition coefficient (Wildman–Crippen LogP) is 6.45. The molecule has 0 aliphatic rings. The number of benzene rings is 4. The van der Waals surface area contributed by atoms with Gasteiger partial charge in [-0.25, -0.2) is 0 Å². The monoisotopic (exact) mass is 790 g/mol. The van der Waals surface area contributed by atoms with Crippen LogP contribution in [0.15, 0.2) is 91.2 Å². The second kappa shape index (κ2) is 16.1. The molecular formula is C42H30O16. The van der Waals surface area contributed by atoms with Crippen molar-refractivity contribution in [2.45, 2.75) is 41.5 Å². The Labute approximate surface area is 326 Å². The van der Waals surface area contributed by atoms with Crippen LogP contribution in [0.4, 0.5) is 0 Å². The zero-order chi connectivity index (χ0) is 42.0. The Morgan fingerprint density at radius 3 is 1.50 bits per heavy atom. The van der Waals surface area contributed by atoms with E-state index in [2.05, 4.69) is 0 Å². The Hall–Kier alpha value is -7.88. The molecule has 16 nitrogen and oxygen atoms in total. The highest BCUT2D eigenvalue weighted by Gasteiger charge is 2.27. The molecular weight excluding hydrogens is 760 g/mol. The first-order chi connectivity index (χ1) is 27.5. The lowest BCUT2D eigenvalue weighted by atomic mass is 9.96. The van der Waals surface area contributed by atoms with Crippen LogP contribution < -0.4 is 39.3 Å². The number of esters is 6. The number of carbonyl (C=O) groups excluding carboxylic acids is 6. The van der Waals surface area contributed by atoms with Crippen molar-refractivity contribution in [2.75, 3.05) is 0 Å². The van der Waals surface area contributed by atoms with Crippen molar-refractivity contribution < 1.29 is 66.0 Å². The summed E-state index contributed by atoms with van der Waals surface area (Å²) in [6.45, 7) is 6.82. The maximum Gasteiger partial charge on any atom is 0.308 e. The van der Waals surface area contributed by atoms with Crippen LogP contribution in [0.1, 0.15) is 41.5 Å². The number of hydrogen-bond acceptors (Lipinski definition) is 16. The van der Waals surface area contributed by atoms with Crippen molar-refractivity contribution >= 4 is 57.8 Å². The van der Waals surface area contributed by atoms with Crippen molar-refractivity contribution in [3.05, 3.63) is 93.2 Å². The topological polar surface area (TPSA) is 218 Å². The summed E-state index contributed by atoms with van der Waals surface area (Å²) in [7, 11) is 0. The molecule has 0 saturated carbocycles. The predicted molar refractivity (Wildman–Crippen MR) is 203 cm³/mol. The van der Waals surface area contributed by atoms with E-state index >= 15 is 0 Å². The Morgan fingerprint density at radius 2 is 0.914 bits per heavy atom. The molecule has 0 unspecified atom stereocenters. The van der Waals surface area contributed by atoms with Crippen LogP contribution >= 0.6 is 0 Å². The Bertz CT molecular complexity index is 2840. The Kier molecular flexibility index (Phi) is 11.0. The molecule has 0 radical (unpaired) electrons. The molecule has 6 aromatic rings. The van der Waals surface area contributed by atoms with Gasteiger partial charge < -0.3 is 37.3 Å². The molecule has 0 amide bonds. The lowest BCUT2D eigenvalue weighted by Crippen LogP contribution is -2.11. The fourth-order valence-electron chi connectivity index (χ4n) is 5.95. The summed E-state index contributed by atoms with van der Waals surface area (Å²) in [6, 6.07) is 15.9.